The molecule has 0 N–H and O–H groups in total. The number of rotatable bonds is 11. The number of ketones is 1. The predicted octanol–water partition coefficient (Wildman–Crippen LogP) is 5.07. The van der Waals surface area contributed by atoms with E-state index < -0.39 is 0 Å². The highest BCUT2D eigenvalue weighted by Gasteiger charge is 2.28. The zero-order valence-corrected chi connectivity index (χ0v) is 20.0. The molecule has 0 saturated heterocycles. The predicted molar refractivity (Wildman–Crippen MR) is 129 cm³/mol. The Bertz CT molecular complexity index is 1110. The molecule has 3 aromatic rings. The lowest BCUT2D eigenvalue weighted by molar-refractivity contribution is 0.104. The number of benzene rings is 2. The van der Waals surface area contributed by atoms with E-state index >= 15 is 0 Å². The average Bonchev–Trinajstić information content (AvgIpc) is 3.26. The summed E-state index contributed by atoms with van der Waals surface area (Å²) < 4.78 is 28.6. The number of carbonyl (C=O) groups excluding carboxylic acids is 1. The topological polar surface area (TPSA) is 70.4 Å². The maximum Gasteiger partial charge on any atom is 0.205 e. The highest BCUT2D eigenvalue weighted by molar-refractivity contribution is 6.15. The number of allylic oxidation sites excluding steroid dienone is 1. The summed E-state index contributed by atoms with van der Waals surface area (Å²) in [6.07, 6.45) is 4.88. The van der Waals surface area contributed by atoms with Gasteiger partial charge in [0.15, 0.2) is 17.1 Å². The van der Waals surface area contributed by atoms with Crippen molar-refractivity contribution in [2.45, 2.75) is 20.0 Å². The number of ether oxygens (including phenoxy) is 4. The molecule has 7 heteroatoms. The summed E-state index contributed by atoms with van der Waals surface area (Å²) in [6.45, 7) is 4.97. The molecule has 0 aliphatic rings. The maximum absolute atomic E-state index is 13.4. The van der Waals surface area contributed by atoms with E-state index in [2.05, 4.69) is 0 Å². The van der Waals surface area contributed by atoms with Crippen molar-refractivity contribution in [3.63, 3.8) is 0 Å². The molecule has 0 atom stereocenters. The van der Waals surface area contributed by atoms with E-state index in [0.717, 1.165) is 11.3 Å². The minimum atomic E-state index is -0.268. The molecule has 0 saturated carbocycles. The lowest BCUT2D eigenvalue weighted by Gasteiger charge is -2.18. The molecular weight excluding hydrogens is 422 g/mol. The number of hydrogen-bond donors (Lipinski definition) is 0. The molecule has 1 aromatic heterocycles. The molecule has 0 spiro atoms. The number of furan rings is 1. The van der Waals surface area contributed by atoms with Crippen LogP contribution in [-0.4, -0.2) is 58.3 Å². The summed E-state index contributed by atoms with van der Waals surface area (Å²) in [5, 5.41) is 0.640. The first-order valence-electron chi connectivity index (χ1n) is 10.8. The Morgan fingerprint density at radius 1 is 1.03 bits per heavy atom. The third kappa shape index (κ3) is 5.68. The summed E-state index contributed by atoms with van der Waals surface area (Å²) in [4.78, 5) is 15.4. The highest BCUT2D eigenvalue weighted by Crippen LogP contribution is 2.46. The lowest BCUT2D eigenvalue weighted by Crippen LogP contribution is -2.20. The van der Waals surface area contributed by atoms with Crippen LogP contribution < -0.4 is 18.9 Å². The second kappa shape index (κ2) is 10.9. The van der Waals surface area contributed by atoms with Gasteiger partial charge in [-0.25, -0.2) is 0 Å². The molecule has 2 aromatic carbocycles. The summed E-state index contributed by atoms with van der Waals surface area (Å²) in [6, 6.07) is 9.29. The molecule has 3 rings (SSSR count). The Morgan fingerprint density at radius 3 is 2.33 bits per heavy atom. The van der Waals surface area contributed by atoms with Crippen molar-refractivity contribution in [1.29, 1.82) is 0 Å². The van der Waals surface area contributed by atoms with Crippen molar-refractivity contribution in [1.82, 2.24) is 4.90 Å². The van der Waals surface area contributed by atoms with Crippen LogP contribution in [0.4, 0.5) is 0 Å². The van der Waals surface area contributed by atoms with Gasteiger partial charge >= 0.3 is 0 Å². The zero-order valence-electron chi connectivity index (χ0n) is 20.0. The van der Waals surface area contributed by atoms with Gasteiger partial charge < -0.3 is 28.3 Å². The normalized spacial score (nSPS) is 11.5. The van der Waals surface area contributed by atoms with Gasteiger partial charge in [-0.15, -0.1) is 0 Å². The fourth-order valence-electron chi connectivity index (χ4n) is 3.39. The van der Waals surface area contributed by atoms with E-state index in [4.69, 9.17) is 23.4 Å². The van der Waals surface area contributed by atoms with Crippen molar-refractivity contribution in [3.8, 4) is 23.0 Å². The average molecular weight is 454 g/mol. The first-order chi connectivity index (χ1) is 15.8. The Balaban J connectivity index is 2.00. The fraction of sp³-hybridized carbons (Fsp3) is 0.346. The Morgan fingerprint density at radius 2 is 1.73 bits per heavy atom. The molecular formula is C26H31NO6. The summed E-state index contributed by atoms with van der Waals surface area (Å²) in [7, 11) is 6.94. The molecule has 0 radical (unpaired) electrons. The first kappa shape index (κ1) is 24.2. The second-order valence-corrected chi connectivity index (χ2v) is 8.02. The monoisotopic (exact) mass is 453 g/mol. The van der Waals surface area contributed by atoms with Crippen molar-refractivity contribution in [2.24, 2.45) is 0 Å². The van der Waals surface area contributed by atoms with Crippen molar-refractivity contribution in [3.05, 3.63) is 53.8 Å². The van der Waals surface area contributed by atoms with Crippen LogP contribution in [0.25, 0.3) is 17.0 Å². The lowest BCUT2D eigenvalue weighted by atomic mass is 10.0. The van der Waals surface area contributed by atoms with Gasteiger partial charge in [0.25, 0.3) is 0 Å². The van der Waals surface area contributed by atoms with E-state index in [1.54, 1.807) is 12.1 Å². The number of fused-ring (bicyclic) bond motifs is 1. The van der Waals surface area contributed by atoms with Gasteiger partial charge in [-0.3, -0.25) is 4.79 Å². The molecule has 176 valence electrons. The molecule has 33 heavy (non-hydrogen) atoms. The van der Waals surface area contributed by atoms with Crippen LogP contribution in [0.2, 0.25) is 0 Å². The Kier molecular flexibility index (Phi) is 8.01. The van der Waals surface area contributed by atoms with E-state index in [9.17, 15) is 4.79 Å². The number of nitrogens with zero attached hydrogens (tertiary/aromatic N) is 1. The van der Waals surface area contributed by atoms with Crippen molar-refractivity contribution < 1.29 is 28.2 Å². The Labute approximate surface area is 194 Å². The maximum atomic E-state index is 13.4. The van der Waals surface area contributed by atoms with Gasteiger partial charge in [-0.1, -0.05) is 18.2 Å². The molecule has 7 nitrogen and oxygen atoms in total. The van der Waals surface area contributed by atoms with E-state index in [1.165, 1.54) is 26.6 Å². The molecule has 1 heterocycles. The SMILES string of the molecule is COc1c(C(=O)/C=C/c2ccc(OC(C)C)cc2)c(OCCN(C)C)c(OC)c2occc12. The quantitative estimate of drug-likeness (QED) is 0.296. The fourth-order valence-corrected chi connectivity index (χ4v) is 3.39. The van der Waals surface area contributed by atoms with Crippen LogP contribution in [0.15, 0.2) is 47.1 Å². The molecule has 0 aliphatic carbocycles. The third-order valence-corrected chi connectivity index (χ3v) is 4.90. The number of likely N-dealkylation sites (N-methyl/N-ethyl adjacent to an activating group) is 1. The van der Waals surface area contributed by atoms with Gasteiger partial charge in [0.2, 0.25) is 5.75 Å². The van der Waals surface area contributed by atoms with Gasteiger partial charge in [0.1, 0.15) is 23.7 Å². The smallest absolute Gasteiger partial charge is 0.205 e. The van der Waals surface area contributed by atoms with Crippen LogP contribution in [0.3, 0.4) is 0 Å². The van der Waals surface area contributed by atoms with Gasteiger partial charge in [-0.05, 0) is 57.8 Å². The second-order valence-electron chi connectivity index (χ2n) is 8.02. The molecule has 0 unspecified atom stereocenters. The van der Waals surface area contributed by atoms with Gasteiger partial charge in [0, 0.05) is 6.54 Å². The van der Waals surface area contributed by atoms with Gasteiger partial charge in [-0.2, -0.15) is 0 Å². The minimum absolute atomic E-state index is 0.0965. The van der Waals surface area contributed by atoms with Crippen LogP contribution in [0.1, 0.15) is 29.8 Å². The largest absolute Gasteiger partial charge is 0.495 e. The molecule has 0 fully saturated rings. The first-order valence-corrected chi connectivity index (χ1v) is 10.8. The van der Waals surface area contributed by atoms with Crippen LogP contribution in [0.5, 0.6) is 23.0 Å². The Hall–Kier alpha value is -3.45. The zero-order chi connectivity index (χ0) is 24.0. The minimum Gasteiger partial charge on any atom is -0.495 e. The van der Waals surface area contributed by atoms with E-state index in [0.29, 0.717) is 41.4 Å². The van der Waals surface area contributed by atoms with Crippen molar-refractivity contribution >= 4 is 22.8 Å². The number of hydrogen-bond acceptors (Lipinski definition) is 7. The third-order valence-electron chi connectivity index (χ3n) is 4.90. The van der Waals surface area contributed by atoms with E-state index in [-0.39, 0.29) is 17.5 Å². The highest BCUT2D eigenvalue weighted by atomic mass is 16.5. The molecule has 0 aliphatic heterocycles. The van der Waals surface area contributed by atoms with Crippen molar-refractivity contribution in [2.75, 3.05) is 41.5 Å². The number of methoxy groups -OCH3 is 2. The van der Waals surface area contributed by atoms with Gasteiger partial charge in [0.05, 0.1) is 32.0 Å². The van der Waals surface area contributed by atoms with E-state index in [1.807, 2.05) is 57.1 Å². The van der Waals surface area contributed by atoms with Crippen LogP contribution in [-0.2, 0) is 0 Å². The standard InChI is InChI=1S/C26H31NO6/c1-17(2)33-19-10-7-18(8-11-19)9-12-21(28)22-23(29-5)20-13-15-31-24(20)26(30-6)25(22)32-16-14-27(3)4/h7-13,15,17H,14,16H2,1-6H3/b12-9+. The number of carbonyl (C=O) groups is 1. The summed E-state index contributed by atoms with van der Waals surface area (Å²) >= 11 is 0. The molecule has 0 amide bonds. The van der Waals surface area contributed by atoms with Crippen LogP contribution in [0, 0.1) is 0 Å². The summed E-state index contributed by atoms with van der Waals surface area (Å²) in [5.74, 6) is 1.56. The molecule has 0 bridgehead atoms. The summed E-state index contributed by atoms with van der Waals surface area (Å²) in [5.41, 5.74) is 1.62. The van der Waals surface area contributed by atoms with Crippen LogP contribution >= 0.6 is 0 Å².